The molecule has 1 amide bonds. The van der Waals surface area contributed by atoms with Crippen molar-refractivity contribution in [2.24, 2.45) is 11.7 Å². The Bertz CT molecular complexity index is 458. The Hall–Kier alpha value is -1.26. The zero-order valence-electron chi connectivity index (χ0n) is 13.7. The Morgan fingerprint density at radius 1 is 1.23 bits per heavy atom. The first-order valence-corrected chi connectivity index (χ1v) is 7.83. The summed E-state index contributed by atoms with van der Waals surface area (Å²) in [5, 5.41) is 0. The highest BCUT2D eigenvalue weighted by molar-refractivity contribution is 5.85. The van der Waals surface area contributed by atoms with Crippen LogP contribution in [0.15, 0.2) is 30.3 Å². The van der Waals surface area contributed by atoms with Gasteiger partial charge >= 0.3 is 0 Å². The van der Waals surface area contributed by atoms with Gasteiger partial charge in [0.15, 0.2) is 0 Å². The fraction of sp³-hybridized carbons (Fsp3) is 0.588. The van der Waals surface area contributed by atoms with Crippen molar-refractivity contribution in [1.29, 1.82) is 0 Å². The number of likely N-dealkylation sites (tertiary alicyclic amines) is 1. The average Bonchev–Trinajstić information content (AvgIpc) is 2.53. The van der Waals surface area contributed by atoms with Crippen LogP contribution in [-0.2, 0) is 4.79 Å². The molecule has 1 aliphatic rings. The number of halogens is 1. The van der Waals surface area contributed by atoms with E-state index in [0.29, 0.717) is 6.04 Å². The Kier molecular flexibility index (Phi) is 7.17. The van der Waals surface area contributed by atoms with Gasteiger partial charge in [0.1, 0.15) is 0 Å². The second-order valence-corrected chi connectivity index (χ2v) is 6.27. The molecule has 0 bridgehead atoms. The quantitative estimate of drug-likeness (QED) is 0.925. The van der Waals surface area contributed by atoms with Crippen LogP contribution in [0.3, 0.4) is 0 Å². The second kappa shape index (κ2) is 8.39. The number of benzene rings is 1. The van der Waals surface area contributed by atoms with Crippen LogP contribution in [-0.4, -0.2) is 43.0 Å². The van der Waals surface area contributed by atoms with Gasteiger partial charge in [-0.2, -0.15) is 0 Å². The van der Waals surface area contributed by atoms with E-state index in [1.54, 1.807) is 0 Å². The molecule has 124 valence electrons. The van der Waals surface area contributed by atoms with Gasteiger partial charge in [-0.3, -0.25) is 4.79 Å². The van der Waals surface area contributed by atoms with Crippen molar-refractivity contribution in [3.05, 3.63) is 30.3 Å². The number of carbonyl (C=O) groups excluding carboxylic acids is 1. The van der Waals surface area contributed by atoms with Crippen LogP contribution in [0.25, 0.3) is 0 Å². The van der Waals surface area contributed by atoms with Gasteiger partial charge in [-0.25, -0.2) is 0 Å². The van der Waals surface area contributed by atoms with E-state index in [1.807, 2.05) is 24.8 Å². The molecule has 0 aliphatic carbocycles. The summed E-state index contributed by atoms with van der Waals surface area (Å²) < 4.78 is 0. The van der Waals surface area contributed by atoms with E-state index in [2.05, 4.69) is 36.2 Å². The molecule has 0 aromatic heterocycles. The summed E-state index contributed by atoms with van der Waals surface area (Å²) in [6.07, 6.45) is 2.00. The van der Waals surface area contributed by atoms with Gasteiger partial charge < -0.3 is 15.5 Å². The Morgan fingerprint density at radius 3 is 2.27 bits per heavy atom. The van der Waals surface area contributed by atoms with Gasteiger partial charge in [-0.1, -0.05) is 32.0 Å². The standard InChI is InChI=1S/C17H27N3O.ClH/c1-13(2)16(18)17(21)20-11-9-15(10-12-20)19(3)14-7-5-4-6-8-14;/h4-8,13,15-16H,9-12,18H2,1-3H3;1H/t16-;/m0./s1. The van der Waals surface area contributed by atoms with Crippen LogP contribution < -0.4 is 10.6 Å². The molecule has 0 saturated carbocycles. The second-order valence-electron chi connectivity index (χ2n) is 6.27. The summed E-state index contributed by atoms with van der Waals surface area (Å²) >= 11 is 0. The molecule has 5 heteroatoms. The monoisotopic (exact) mass is 325 g/mol. The van der Waals surface area contributed by atoms with Crippen LogP contribution in [0.1, 0.15) is 26.7 Å². The van der Waals surface area contributed by atoms with Crippen LogP contribution >= 0.6 is 12.4 Å². The maximum atomic E-state index is 12.3. The van der Waals surface area contributed by atoms with Crippen LogP contribution in [0, 0.1) is 5.92 Å². The minimum Gasteiger partial charge on any atom is -0.371 e. The van der Waals surface area contributed by atoms with E-state index in [-0.39, 0.29) is 30.3 Å². The first kappa shape index (κ1) is 18.8. The van der Waals surface area contributed by atoms with Crippen molar-refractivity contribution >= 4 is 24.0 Å². The molecule has 1 heterocycles. The molecule has 1 aromatic rings. The molecule has 0 unspecified atom stereocenters. The van der Waals surface area contributed by atoms with Crippen LogP contribution in [0.4, 0.5) is 5.69 Å². The topological polar surface area (TPSA) is 49.6 Å². The predicted octanol–water partition coefficient (Wildman–Crippen LogP) is 2.52. The summed E-state index contributed by atoms with van der Waals surface area (Å²) in [6, 6.07) is 10.5. The number of amides is 1. The van der Waals surface area contributed by atoms with E-state index >= 15 is 0 Å². The summed E-state index contributed by atoms with van der Waals surface area (Å²) in [4.78, 5) is 16.5. The van der Waals surface area contributed by atoms with Crippen molar-refractivity contribution < 1.29 is 4.79 Å². The molecule has 1 saturated heterocycles. The molecule has 2 N–H and O–H groups in total. The Labute approximate surface area is 140 Å². The van der Waals surface area contributed by atoms with Crippen molar-refractivity contribution in [3.63, 3.8) is 0 Å². The molecule has 2 rings (SSSR count). The van der Waals surface area contributed by atoms with E-state index in [4.69, 9.17) is 5.73 Å². The van der Waals surface area contributed by atoms with Crippen molar-refractivity contribution in [2.45, 2.75) is 38.8 Å². The van der Waals surface area contributed by atoms with Crippen LogP contribution in [0.5, 0.6) is 0 Å². The number of nitrogens with zero attached hydrogens (tertiary/aromatic N) is 2. The molecule has 0 spiro atoms. The first-order chi connectivity index (χ1) is 10.0. The third kappa shape index (κ3) is 4.37. The molecule has 1 atom stereocenters. The van der Waals surface area contributed by atoms with Crippen molar-refractivity contribution in [1.82, 2.24) is 4.90 Å². The highest BCUT2D eigenvalue weighted by Crippen LogP contribution is 2.22. The highest BCUT2D eigenvalue weighted by atomic mass is 35.5. The predicted molar refractivity (Wildman–Crippen MR) is 94.5 cm³/mol. The molecular weight excluding hydrogens is 298 g/mol. The minimum atomic E-state index is -0.367. The lowest BCUT2D eigenvalue weighted by Gasteiger charge is -2.39. The van der Waals surface area contributed by atoms with E-state index < -0.39 is 0 Å². The van der Waals surface area contributed by atoms with Crippen LogP contribution in [0.2, 0.25) is 0 Å². The molecule has 4 nitrogen and oxygen atoms in total. The number of para-hydroxylation sites is 1. The fourth-order valence-corrected chi connectivity index (χ4v) is 2.84. The van der Waals surface area contributed by atoms with E-state index in [0.717, 1.165) is 25.9 Å². The average molecular weight is 326 g/mol. The lowest BCUT2D eigenvalue weighted by molar-refractivity contribution is -0.134. The zero-order chi connectivity index (χ0) is 15.4. The third-order valence-electron chi connectivity index (χ3n) is 4.49. The largest absolute Gasteiger partial charge is 0.371 e. The zero-order valence-corrected chi connectivity index (χ0v) is 14.6. The SMILES string of the molecule is CC(C)[C@H](N)C(=O)N1CCC(N(C)c2ccccc2)CC1.Cl. The summed E-state index contributed by atoms with van der Waals surface area (Å²) in [7, 11) is 2.14. The van der Waals surface area contributed by atoms with Gasteiger partial charge in [0.25, 0.3) is 0 Å². The minimum absolute atomic E-state index is 0. The maximum absolute atomic E-state index is 12.3. The van der Waals surface area contributed by atoms with E-state index in [1.165, 1.54) is 5.69 Å². The van der Waals surface area contributed by atoms with Gasteiger partial charge in [-0.15, -0.1) is 12.4 Å². The number of hydrogen-bond acceptors (Lipinski definition) is 3. The van der Waals surface area contributed by atoms with Gasteiger partial charge in [-0.05, 0) is 30.9 Å². The molecule has 22 heavy (non-hydrogen) atoms. The number of piperidine rings is 1. The molecule has 1 aromatic carbocycles. The normalized spacial score (nSPS) is 17.0. The number of rotatable bonds is 4. The Balaban J connectivity index is 0.00000242. The van der Waals surface area contributed by atoms with Gasteiger partial charge in [0.05, 0.1) is 6.04 Å². The maximum Gasteiger partial charge on any atom is 0.239 e. The van der Waals surface area contributed by atoms with Crippen molar-refractivity contribution in [2.75, 3.05) is 25.0 Å². The number of carbonyl (C=O) groups is 1. The molecule has 1 aliphatic heterocycles. The third-order valence-corrected chi connectivity index (χ3v) is 4.49. The number of hydrogen-bond donors (Lipinski definition) is 1. The van der Waals surface area contributed by atoms with Gasteiger partial charge in [0, 0.05) is 31.9 Å². The van der Waals surface area contributed by atoms with Gasteiger partial charge in [0.2, 0.25) is 5.91 Å². The highest BCUT2D eigenvalue weighted by Gasteiger charge is 2.29. The summed E-state index contributed by atoms with van der Waals surface area (Å²) in [6.45, 7) is 5.61. The molecule has 1 fully saturated rings. The lowest BCUT2D eigenvalue weighted by atomic mass is 9.99. The number of nitrogens with two attached hydrogens (primary N) is 1. The fourth-order valence-electron chi connectivity index (χ4n) is 2.84. The molecular formula is C17H28ClN3O. The van der Waals surface area contributed by atoms with Crippen molar-refractivity contribution in [3.8, 4) is 0 Å². The lowest BCUT2D eigenvalue weighted by Crippen LogP contribution is -2.51. The van der Waals surface area contributed by atoms with E-state index in [9.17, 15) is 4.79 Å². The molecule has 0 radical (unpaired) electrons. The summed E-state index contributed by atoms with van der Waals surface area (Å²) in [5.41, 5.74) is 7.21. The summed E-state index contributed by atoms with van der Waals surface area (Å²) in [5.74, 6) is 0.299. The smallest absolute Gasteiger partial charge is 0.239 e. The number of anilines is 1. The Morgan fingerprint density at radius 2 is 1.77 bits per heavy atom. The first-order valence-electron chi connectivity index (χ1n) is 7.83.